The van der Waals surface area contributed by atoms with Gasteiger partial charge in [0.1, 0.15) is 0 Å². The van der Waals surface area contributed by atoms with Gasteiger partial charge in [-0.1, -0.05) is 30.3 Å². The van der Waals surface area contributed by atoms with Crippen molar-refractivity contribution in [2.24, 2.45) is 4.99 Å². The molecule has 1 atom stereocenters. The first kappa shape index (κ1) is 10.4. The van der Waals surface area contributed by atoms with Gasteiger partial charge in [-0.2, -0.15) is 0 Å². The highest BCUT2D eigenvalue weighted by molar-refractivity contribution is 5.78. The summed E-state index contributed by atoms with van der Waals surface area (Å²) < 4.78 is 4.88. The van der Waals surface area contributed by atoms with Crippen molar-refractivity contribution in [3.63, 3.8) is 0 Å². The van der Waals surface area contributed by atoms with Crippen molar-refractivity contribution >= 4 is 12.7 Å². The van der Waals surface area contributed by atoms with Crippen LogP contribution in [0.2, 0.25) is 0 Å². The molecule has 0 spiro atoms. The van der Waals surface area contributed by atoms with E-state index in [2.05, 4.69) is 11.7 Å². The van der Waals surface area contributed by atoms with Gasteiger partial charge in [-0.25, -0.2) is 4.79 Å². The molecule has 3 nitrogen and oxygen atoms in total. The van der Waals surface area contributed by atoms with E-state index in [-0.39, 0.29) is 5.97 Å². The third kappa shape index (κ3) is 2.42. The Labute approximate surface area is 83.4 Å². The van der Waals surface area contributed by atoms with Crippen LogP contribution in [0, 0.1) is 0 Å². The first-order chi connectivity index (χ1) is 6.79. The Morgan fingerprint density at radius 1 is 1.50 bits per heavy atom. The van der Waals surface area contributed by atoms with Gasteiger partial charge < -0.3 is 4.74 Å². The van der Waals surface area contributed by atoms with Gasteiger partial charge in [-0.3, -0.25) is 4.99 Å². The van der Waals surface area contributed by atoms with Gasteiger partial charge in [0, 0.05) is 0 Å². The quantitative estimate of drug-likeness (QED) is 0.539. The zero-order valence-electron chi connectivity index (χ0n) is 8.14. The van der Waals surface area contributed by atoms with Crippen molar-refractivity contribution in [2.75, 3.05) is 6.61 Å². The summed E-state index contributed by atoms with van der Waals surface area (Å²) in [5, 5.41) is 0. The van der Waals surface area contributed by atoms with E-state index in [1.165, 1.54) is 0 Å². The van der Waals surface area contributed by atoms with E-state index in [9.17, 15) is 4.79 Å². The van der Waals surface area contributed by atoms with Crippen LogP contribution in [0.5, 0.6) is 0 Å². The average Bonchev–Trinajstić information content (AvgIpc) is 2.21. The molecule has 0 N–H and O–H groups in total. The number of aliphatic imine (C=N–C) groups is 1. The summed E-state index contributed by atoms with van der Waals surface area (Å²) in [5.74, 6) is -0.353. The normalized spacial score (nSPS) is 11.8. The second-order valence-corrected chi connectivity index (χ2v) is 2.75. The van der Waals surface area contributed by atoms with Crippen molar-refractivity contribution < 1.29 is 9.53 Å². The second-order valence-electron chi connectivity index (χ2n) is 2.75. The predicted octanol–water partition coefficient (Wildman–Crippen LogP) is 1.99. The van der Waals surface area contributed by atoms with E-state index in [0.29, 0.717) is 6.61 Å². The molecule has 0 aromatic heterocycles. The van der Waals surface area contributed by atoms with Crippen LogP contribution in [-0.4, -0.2) is 19.3 Å². The topological polar surface area (TPSA) is 38.7 Å². The lowest BCUT2D eigenvalue weighted by molar-refractivity contribution is -0.144. The van der Waals surface area contributed by atoms with Crippen LogP contribution in [0.15, 0.2) is 35.3 Å². The Kier molecular flexibility index (Phi) is 3.85. The number of esters is 1. The molecule has 0 amide bonds. The first-order valence-electron chi connectivity index (χ1n) is 4.47. The molecule has 14 heavy (non-hydrogen) atoms. The molecule has 0 saturated heterocycles. The molecule has 0 bridgehead atoms. The van der Waals surface area contributed by atoms with Gasteiger partial charge in [-0.05, 0) is 19.2 Å². The lowest BCUT2D eigenvalue weighted by atomic mass is 10.1. The average molecular weight is 191 g/mol. The summed E-state index contributed by atoms with van der Waals surface area (Å²) in [6.07, 6.45) is 0. The molecule has 0 heterocycles. The van der Waals surface area contributed by atoms with Gasteiger partial charge in [0.2, 0.25) is 0 Å². The highest BCUT2D eigenvalue weighted by Crippen LogP contribution is 2.17. The standard InChI is InChI=1S/C11H13NO2/c1-3-14-11(13)10(12-2)9-7-5-4-6-8-9/h4-8,10H,2-3H2,1H3. The summed E-state index contributed by atoms with van der Waals surface area (Å²) in [7, 11) is 0. The van der Waals surface area contributed by atoms with Gasteiger partial charge >= 0.3 is 5.97 Å². The van der Waals surface area contributed by atoms with Crippen LogP contribution in [0.3, 0.4) is 0 Å². The first-order valence-corrected chi connectivity index (χ1v) is 4.47. The van der Waals surface area contributed by atoms with Gasteiger partial charge in [0.05, 0.1) is 6.61 Å². The fourth-order valence-electron chi connectivity index (χ4n) is 1.17. The van der Waals surface area contributed by atoms with Crippen LogP contribution in [0.25, 0.3) is 0 Å². The van der Waals surface area contributed by atoms with Gasteiger partial charge in [0.25, 0.3) is 0 Å². The molecule has 0 aliphatic carbocycles. The maximum Gasteiger partial charge on any atom is 0.335 e. The number of rotatable bonds is 4. The highest BCUT2D eigenvalue weighted by atomic mass is 16.5. The monoisotopic (exact) mass is 191 g/mol. The number of ether oxygens (including phenoxy) is 1. The summed E-state index contributed by atoms with van der Waals surface area (Å²) in [6.45, 7) is 5.52. The maximum atomic E-state index is 11.4. The largest absolute Gasteiger partial charge is 0.464 e. The molecule has 1 aromatic carbocycles. The molecular weight excluding hydrogens is 178 g/mol. The van der Waals surface area contributed by atoms with Crippen molar-refractivity contribution in [3.05, 3.63) is 35.9 Å². The van der Waals surface area contributed by atoms with Crippen molar-refractivity contribution in [3.8, 4) is 0 Å². The summed E-state index contributed by atoms with van der Waals surface area (Å²) in [4.78, 5) is 15.2. The Morgan fingerprint density at radius 3 is 2.64 bits per heavy atom. The fourth-order valence-corrected chi connectivity index (χ4v) is 1.17. The molecule has 74 valence electrons. The minimum atomic E-state index is -0.601. The van der Waals surface area contributed by atoms with Gasteiger partial charge in [-0.15, -0.1) is 0 Å². The van der Waals surface area contributed by atoms with E-state index >= 15 is 0 Å². The van der Waals surface area contributed by atoms with Crippen LogP contribution in [-0.2, 0) is 9.53 Å². The second kappa shape index (κ2) is 5.17. The summed E-state index contributed by atoms with van der Waals surface area (Å²) >= 11 is 0. The van der Waals surface area contributed by atoms with E-state index < -0.39 is 6.04 Å². The van der Waals surface area contributed by atoms with E-state index in [0.717, 1.165) is 5.56 Å². The minimum Gasteiger partial charge on any atom is -0.464 e. The molecule has 1 rings (SSSR count). The molecular formula is C11H13NO2. The number of hydrogen-bond acceptors (Lipinski definition) is 3. The van der Waals surface area contributed by atoms with Crippen molar-refractivity contribution in [1.29, 1.82) is 0 Å². The highest BCUT2D eigenvalue weighted by Gasteiger charge is 2.18. The molecule has 0 aliphatic rings. The molecule has 3 heteroatoms. The van der Waals surface area contributed by atoms with E-state index in [4.69, 9.17) is 4.74 Å². The third-order valence-corrected chi connectivity index (χ3v) is 1.81. The number of carbonyl (C=O) groups excluding carboxylic acids is 1. The summed E-state index contributed by atoms with van der Waals surface area (Å²) in [6, 6.07) is 8.65. The Balaban J connectivity index is 2.82. The fraction of sp³-hybridized carbons (Fsp3) is 0.273. The SMILES string of the molecule is C=NC(C(=O)OCC)c1ccccc1. The number of carbonyl (C=O) groups is 1. The Morgan fingerprint density at radius 2 is 2.14 bits per heavy atom. The Bertz CT molecular complexity index is 308. The lowest BCUT2D eigenvalue weighted by Gasteiger charge is -2.10. The molecule has 0 fully saturated rings. The third-order valence-electron chi connectivity index (χ3n) is 1.81. The number of hydrogen-bond donors (Lipinski definition) is 0. The zero-order chi connectivity index (χ0) is 10.4. The summed E-state index contributed by atoms with van der Waals surface area (Å²) in [5.41, 5.74) is 0.806. The smallest absolute Gasteiger partial charge is 0.335 e. The Hall–Kier alpha value is -1.64. The van der Waals surface area contributed by atoms with Crippen molar-refractivity contribution in [2.45, 2.75) is 13.0 Å². The minimum absolute atomic E-state index is 0.353. The maximum absolute atomic E-state index is 11.4. The molecule has 0 saturated carbocycles. The number of nitrogens with zero attached hydrogens (tertiary/aromatic N) is 1. The van der Waals surface area contributed by atoms with Crippen LogP contribution in [0.4, 0.5) is 0 Å². The lowest BCUT2D eigenvalue weighted by Crippen LogP contribution is -2.13. The predicted molar refractivity (Wildman–Crippen MR) is 55.4 cm³/mol. The molecule has 0 aliphatic heterocycles. The van der Waals surface area contributed by atoms with E-state index in [1.54, 1.807) is 6.92 Å². The molecule has 1 unspecified atom stereocenters. The number of benzene rings is 1. The van der Waals surface area contributed by atoms with Crippen molar-refractivity contribution in [1.82, 2.24) is 0 Å². The zero-order valence-corrected chi connectivity index (χ0v) is 8.14. The van der Waals surface area contributed by atoms with Crippen LogP contribution >= 0.6 is 0 Å². The van der Waals surface area contributed by atoms with Crippen LogP contribution < -0.4 is 0 Å². The van der Waals surface area contributed by atoms with Gasteiger partial charge in [0.15, 0.2) is 6.04 Å². The van der Waals surface area contributed by atoms with Crippen LogP contribution in [0.1, 0.15) is 18.5 Å². The molecule has 0 radical (unpaired) electrons. The van der Waals surface area contributed by atoms with E-state index in [1.807, 2.05) is 30.3 Å². The molecule has 1 aromatic rings.